The molecule has 0 radical (unpaired) electrons. The molecule has 3 aromatic rings. The number of aliphatic carboxylic acids is 1. The van der Waals surface area contributed by atoms with Gasteiger partial charge in [-0.1, -0.05) is 35.5 Å². The van der Waals surface area contributed by atoms with Gasteiger partial charge in [-0.3, -0.25) is 4.79 Å². The van der Waals surface area contributed by atoms with Crippen LogP contribution >= 0.6 is 31.9 Å². The van der Waals surface area contributed by atoms with Crippen molar-refractivity contribution in [3.63, 3.8) is 0 Å². The number of aliphatic hydroxyl groups excluding tert-OH is 1. The van der Waals surface area contributed by atoms with Crippen LogP contribution in [0.1, 0.15) is 39.1 Å². The van der Waals surface area contributed by atoms with Gasteiger partial charge >= 0.3 is 18.1 Å². The summed E-state index contributed by atoms with van der Waals surface area (Å²) in [6.45, 7) is -0.520. The second kappa shape index (κ2) is 18.9. The Kier molecular flexibility index (Phi) is 14.6. The van der Waals surface area contributed by atoms with Gasteiger partial charge in [-0.15, -0.1) is 0 Å². The fraction of sp³-hybridized carbons (Fsp3) is 0.353. The highest BCUT2D eigenvalue weighted by atomic mass is 79.9. The number of benzene rings is 3. The zero-order chi connectivity index (χ0) is 39.6. The molecule has 0 saturated carbocycles. The standard InChI is InChI=1S/C32H32Br2N2O11.C2HF3O2/c1-40-27-23(33)21(31(38)36-18(14-37)13-35-47-12-8-7-11-17-9-5-4-6-10-17)19(25-29(27)45-15-43-25)20-22(32(39)42-3)24(34)28(41-2)30-26(20)44-16-46-30;3-2(4,5)1(6)7/h4-6,9-10,13,18,37H,7-8,11-12,14-16H2,1-3H3,(H,36,38);(H,6,7)/b35-13+;. The lowest BCUT2D eigenvalue weighted by Gasteiger charge is -2.22. The van der Waals surface area contributed by atoms with Crippen molar-refractivity contribution in [2.24, 2.45) is 5.16 Å². The third kappa shape index (κ3) is 9.40. The highest BCUT2D eigenvalue weighted by molar-refractivity contribution is 9.11. The number of carboxylic acids is 1. The second-order valence-electron chi connectivity index (χ2n) is 10.9. The predicted octanol–water partition coefficient (Wildman–Crippen LogP) is 5.89. The van der Waals surface area contributed by atoms with Crippen LogP contribution in [0.3, 0.4) is 0 Å². The molecule has 3 aromatic carbocycles. The Labute approximate surface area is 322 Å². The topological polar surface area (TPSA) is 190 Å². The van der Waals surface area contributed by atoms with Crippen molar-refractivity contribution < 1.29 is 75.8 Å². The lowest BCUT2D eigenvalue weighted by molar-refractivity contribution is -0.192. The molecule has 1 amide bonds. The SMILES string of the molecule is COC(=O)c1c(Br)c(OC)c2c(c1-c1c3c(c(OC)c(Br)c1C(=O)NC(/C=N/OCCCCc1ccccc1)CO)OCO3)OCO2.O=C(O)C(F)(F)F. The number of hydrogen-bond donors (Lipinski definition) is 3. The van der Waals surface area contributed by atoms with E-state index in [0.29, 0.717) is 6.61 Å². The molecule has 0 fully saturated rings. The van der Waals surface area contributed by atoms with E-state index in [0.717, 1.165) is 19.3 Å². The van der Waals surface area contributed by atoms with Gasteiger partial charge in [0.15, 0.2) is 23.0 Å². The van der Waals surface area contributed by atoms with Crippen molar-refractivity contribution in [1.29, 1.82) is 0 Å². The summed E-state index contributed by atoms with van der Waals surface area (Å²) in [5.74, 6) is -3.28. The number of aliphatic hydroxyl groups is 1. The number of halogens is 5. The van der Waals surface area contributed by atoms with Crippen LogP contribution in [0.15, 0.2) is 44.4 Å². The van der Waals surface area contributed by atoms with Crippen LogP contribution in [-0.2, 0) is 20.8 Å². The Hall–Kier alpha value is -4.95. The Balaban J connectivity index is 0.000000845. The number of ether oxygens (including phenoxy) is 7. The minimum Gasteiger partial charge on any atom is -0.492 e. The molecule has 20 heteroatoms. The summed E-state index contributed by atoms with van der Waals surface area (Å²) in [4.78, 5) is 41.7. The molecule has 0 spiro atoms. The van der Waals surface area contributed by atoms with Gasteiger partial charge < -0.3 is 53.5 Å². The molecule has 54 heavy (non-hydrogen) atoms. The monoisotopic (exact) mass is 892 g/mol. The first-order chi connectivity index (χ1) is 25.8. The van der Waals surface area contributed by atoms with E-state index >= 15 is 0 Å². The van der Waals surface area contributed by atoms with E-state index < -0.39 is 36.7 Å². The zero-order valence-electron chi connectivity index (χ0n) is 28.7. The molecule has 5 rings (SSSR count). The van der Waals surface area contributed by atoms with E-state index in [4.69, 9.17) is 47.9 Å². The van der Waals surface area contributed by atoms with Gasteiger partial charge in [0.05, 0.1) is 60.3 Å². The van der Waals surface area contributed by atoms with Crippen molar-refractivity contribution in [3.05, 3.63) is 56.0 Å². The number of fused-ring (bicyclic) bond motifs is 2. The van der Waals surface area contributed by atoms with Gasteiger partial charge in [-0.2, -0.15) is 13.2 Å². The van der Waals surface area contributed by atoms with Crippen LogP contribution in [0, 0.1) is 0 Å². The molecule has 2 aliphatic rings. The van der Waals surface area contributed by atoms with E-state index in [1.54, 1.807) is 0 Å². The summed E-state index contributed by atoms with van der Waals surface area (Å²) >= 11 is 6.95. The number of carboxylic acid groups (broad SMARTS) is 1. The molecule has 0 bridgehead atoms. The number of amides is 1. The van der Waals surface area contributed by atoms with Crippen molar-refractivity contribution in [2.45, 2.75) is 31.5 Å². The number of carbonyl (C=O) groups excluding carboxylic acids is 2. The van der Waals surface area contributed by atoms with E-state index in [9.17, 15) is 27.9 Å². The van der Waals surface area contributed by atoms with Gasteiger partial charge in [-0.25, -0.2) is 9.59 Å². The number of esters is 1. The van der Waals surface area contributed by atoms with Gasteiger partial charge in [0.1, 0.15) is 6.61 Å². The third-order valence-corrected chi connectivity index (χ3v) is 9.08. The molecule has 2 heterocycles. The molecule has 2 aliphatic heterocycles. The fourth-order valence-corrected chi connectivity index (χ4v) is 6.59. The summed E-state index contributed by atoms with van der Waals surface area (Å²) in [6, 6.07) is 9.19. The number of methoxy groups -OCH3 is 3. The number of alkyl halides is 3. The maximum atomic E-state index is 14.1. The van der Waals surface area contributed by atoms with Crippen molar-refractivity contribution in [2.75, 3.05) is 48.1 Å². The predicted molar refractivity (Wildman–Crippen MR) is 190 cm³/mol. The van der Waals surface area contributed by atoms with Crippen molar-refractivity contribution >= 4 is 55.9 Å². The van der Waals surface area contributed by atoms with Crippen LogP contribution in [0.4, 0.5) is 13.2 Å². The minimum atomic E-state index is -5.08. The van der Waals surface area contributed by atoms with Crippen LogP contribution in [0.2, 0.25) is 0 Å². The average Bonchev–Trinajstić information content (AvgIpc) is 3.84. The van der Waals surface area contributed by atoms with Crippen LogP contribution in [0.25, 0.3) is 11.1 Å². The first-order valence-electron chi connectivity index (χ1n) is 15.7. The van der Waals surface area contributed by atoms with Crippen LogP contribution < -0.4 is 33.7 Å². The summed E-state index contributed by atoms with van der Waals surface area (Å²) < 4.78 is 71.5. The number of rotatable bonds is 14. The molecular formula is C34H33Br2F3N2O13. The first-order valence-corrected chi connectivity index (χ1v) is 17.3. The summed E-state index contributed by atoms with van der Waals surface area (Å²) in [5, 5.41) is 23.9. The maximum Gasteiger partial charge on any atom is 0.490 e. The lowest BCUT2D eigenvalue weighted by Crippen LogP contribution is -2.39. The largest absolute Gasteiger partial charge is 0.492 e. The van der Waals surface area contributed by atoms with E-state index in [1.807, 2.05) is 18.2 Å². The highest BCUT2D eigenvalue weighted by Crippen LogP contribution is 2.60. The number of nitrogens with one attached hydrogen (secondary N) is 1. The van der Waals surface area contributed by atoms with Gasteiger partial charge in [0.2, 0.25) is 25.1 Å². The molecule has 1 unspecified atom stereocenters. The van der Waals surface area contributed by atoms with E-state index in [-0.39, 0.29) is 79.3 Å². The Bertz CT molecular complexity index is 1880. The number of unbranched alkanes of at least 4 members (excludes halogenated alkanes) is 1. The molecule has 292 valence electrons. The van der Waals surface area contributed by atoms with Crippen LogP contribution in [0.5, 0.6) is 34.5 Å². The Morgan fingerprint density at radius 1 is 0.889 bits per heavy atom. The maximum absolute atomic E-state index is 14.1. The number of hydrogen-bond acceptors (Lipinski definition) is 13. The third-order valence-electron chi connectivity index (χ3n) is 7.57. The molecule has 0 aliphatic carbocycles. The quantitative estimate of drug-likeness (QED) is 0.0753. The normalized spacial score (nSPS) is 13.1. The molecule has 0 aromatic heterocycles. The first kappa shape index (κ1) is 41.8. The number of nitrogens with zero attached hydrogens (tertiary/aromatic N) is 1. The average molecular weight is 894 g/mol. The second-order valence-corrected chi connectivity index (χ2v) is 12.5. The molecular weight excluding hydrogens is 861 g/mol. The van der Waals surface area contributed by atoms with Gasteiger partial charge in [0, 0.05) is 11.1 Å². The summed E-state index contributed by atoms with van der Waals surface area (Å²) in [5.41, 5.74) is 1.41. The molecule has 3 N–H and O–H groups in total. The van der Waals surface area contributed by atoms with Gasteiger partial charge in [-0.05, 0) is 56.7 Å². The molecule has 0 saturated heterocycles. The fourth-order valence-electron chi connectivity index (χ4n) is 5.17. The summed E-state index contributed by atoms with van der Waals surface area (Å²) in [6.07, 6.45) is -1.19. The number of oxime groups is 1. The van der Waals surface area contributed by atoms with Crippen molar-refractivity contribution in [3.8, 4) is 45.6 Å². The van der Waals surface area contributed by atoms with Crippen LogP contribution in [-0.4, -0.2) is 94.6 Å². The molecule has 1 atom stereocenters. The highest BCUT2D eigenvalue weighted by Gasteiger charge is 2.41. The van der Waals surface area contributed by atoms with Gasteiger partial charge in [0.25, 0.3) is 5.91 Å². The molecule has 15 nitrogen and oxygen atoms in total. The Morgan fingerprint density at radius 2 is 1.41 bits per heavy atom. The zero-order valence-corrected chi connectivity index (χ0v) is 31.9. The smallest absolute Gasteiger partial charge is 0.490 e. The number of carbonyl (C=O) groups is 3. The van der Waals surface area contributed by atoms with E-state index in [1.165, 1.54) is 33.1 Å². The summed E-state index contributed by atoms with van der Waals surface area (Å²) in [7, 11) is 4.03. The van der Waals surface area contributed by atoms with E-state index in [2.05, 4.69) is 54.5 Å². The Morgan fingerprint density at radius 3 is 1.91 bits per heavy atom. The minimum absolute atomic E-state index is 0.0281. The van der Waals surface area contributed by atoms with Crippen molar-refractivity contribution in [1.82, 2.24) is 5.32 Å². The lowest BCUT2D eigenvalue weighted by atomic mass is 9.91. The number of aryl methyl sites for hydroxylation is 1.